The number of halogens is 1. The Labute approximate surface area is 119 Å². The highest BCUT2D eigenvalue weighted by molar-refractivity contribution is 5.38. The first kappa shape index (κ1) is 14.7. The van der Waals surface area contributed by atoms with Crippen LogP contribution >= 0.6 is 0 Å². The molecule has 0 bridgehead atoms. The second kappa shape index (κ2) is 6.18. The molecule has 2 N–H and O–H groups in total. The van der Waals surface area contributed by atoms with E-state index in [1.807, 2.05) is 26.0 Å². The molecule has 1 aromatic carbocycles. The minimum atomic E-state index is -0.247. The third kappa shape index (κ3) is 3.07. The van der Waals surface area contributed by atoms with Crippen LogP contribution in [0.2, 0.25) is 0 Å². The molecule has 0 aliphatic carbocycles. The van der Waals surface area contributed by atoms with E-state index in [2.05, 4.69) is 12.0 Å². The summed E-state index contributed by atoms with van der Waals surface area (Å²) in [6, 6.07) is 7.34. The minimum Gasteiger partial charge on any atom is -0.328 e. The van der Waals surface area contributed by atoms with E-state index in [9.17, 15) is 4.39 Å². The lowest BCUT2D eigenvalue weighted by Gasteiger charge is -2.10. The fraction of sp³-hybridized carbons (Fsp3) is 0.438. The topological polar surface area (TPSA) is 43.8 Å². The van der Waals surface area contributed by atoms with Gasteiger partial charge in [0.05, 0.1) is 5.69 Å². The molecule has 20 heavy (non-hydrogen) atoms. The summed E-state index contributed by atoms with van der Waals surface area (Å²) in [5.74, 6) is -0.247. The molecule has 2 aromatic rings. The molecule has 2 rings (SSSR count). The van der Waals surface area contributed by atoms with Crippen LogP contribution < -0.4 is 5.73 Å². The lowest BCUT2D eigenvalue weighted by molar-refractivity contribution is 0.601. The SMILES string of the molecule is CCc1cc(CC)n(-c2ccc(CC(C)N)cc2F)n1. The van der Waals surface area contributed by atoms with Gasteiger partial charge < -0.3 is 5.73 Å². The zero-order valence-corrected chi connectivity index (χ0v) is 12.4. The Hall–Kier alpha value is -1.68. The van der Waals surface area contributed by atoms with Crippen molar-refractivity contribution in [2.75, 3.05) is 0 Å². The zero-order chi connectivity index (χ0) is 14.7. The molecule has 108 valence electrons. The van der Waals surface area contributed by atoms with E-state index in [1.165, 1.54) is 0 Å². The van der Waals surface area contributed by atoms with Crippen LogP contribution in [0.1, 0.15) is 37.7 Å². The summed E-state index contributed by atoms with van der Waals surface area (Å²) in [5.41, 5.74) is 9.19. The summed E-state index contributed by atoms with van der Waals surface area (Å²) in [5, 5.41) is 4.47. The van der Waals surface area contributed by atoms with Crippen LogP contribution in [0.5, 0.6) is 0 Å². The number of nitrogens with zero attached hydrogens (tertiary/aromatic N) is 2. The van der Waals surface area contributed by atoms with E-state index in [-0.39, 0.29) is 11.9 Å². The van der Waals surface area contributed by atoms with Gasteiger partial charge >= 0.3 is 0 Å². The quantitative estimate of drug-likeness (QED) is 0.911. The van der Waals surface area contributed by atoms with E-state index in [0.29, 0.717) is 12.1 Å². The van der Waals surface area contributed by atoms with Crippen molar-refractivity contribution >= 4 is 0 Å². The van der Waals surface area contributed by atoms with Crippen molar-refractivity contribution in [3.05, 3.63) is 47.0 Å². The Balaban J connectivity index is 2.40. The van der Waals surface area contributed by atoms with E-state index >= 15 is 0 Å². The number of hydrogen-bond acceptors (Lipinski definition) is 2. The Morgan fingerprint density at radius 3 is 2.55 bits per heavy atom. The van der Waals surface area contributed by atoms with Gasteiger partial charge in [-0.1, -0.05) is 19.9 Å². The smallest absolute Gasteiger partial charge is 0.149 e. The average molecular weight is 275 g/mol. The van der Waals surface area contributed by atoms with Gasteiger partial charge in [0.1, 0.15) is 11.5 Å². The highest BCUT2D eigenvalue weighted by atomic mass is 19.1. The third-order valence-electron chi connectivity index (χ3n) is 3.36. The average Bonchev–Trinajstić information content (AvgIpc) is 2.81. The fourth-order valence-corrected chi connectivity index (χ4v) is 2.33. The first-order valence-electron chi connectivity index (χ1n) is 7.17. The maximum Gasteiger partial charge on any atom is 0.149 e. The fourth-order valence-electron chi connectivity index (χ4n) is 2.33. The lowest BCUT2D eigenvalue weighted by atomic mass is 10.1. The molecule has 4 heteroatoms. The maximum atomic E-state index is 14.3. The number of aryl methyl sites for hydroxylation is 2. The molecule has 0 saturated carbocycles. The van der Waals surface area contributed by atoms with Crippen LogP contribution in [0.3, 0.4) is 0 Å². The van der Waals surface area contributed by atoms with Crippen molar-refractivity contribution in [1.29, 1.82) is 0 Å². The van der Waals surface area contributed by atoms with Gasteiger partial charge in [-0.05, 0) is 49.9 Å². The van der Waals surface area contributed by atoms with E-state index in [1.54, 1.807) is 16.8 Å². The van der Waals surface area contributed by atoms with Crippen molar-refractivity contribution in [3.8, 4) is 5.69 Å². The second-order valence-corrected chi connectivity index (χ2v) is 5.21. The Bertz CT molecular complexity index is 587. The van der Waals surface area contributed by atoms with Crippen molar-refractivity contribution in [2.24, 2.45) is 5.73 Å². The monoisotopic (exact) mass is 275 g/mol. The molecule has 0 fully saturated rings. The molecule has 0 amide bonds. The van der Waals surface area contributed by atoms with Crippen LogP contribution in [-0.4, -0.2) is 15.8 Å². The van der Waals surface area contributed by atoms with Gasteiger partial charge in [0.2, 0.25) is 0 Å². The predicted octanol–water partition coefficient (Wildman–Crippen LogP) is 3.03. The number of nitrogens with two attached hydrogens (primary N) is 1. The number of hydrogen-bond donors (Lipinski definition) is 1. The van der Waals surface area contributed by atoms with Gasteiger partial charge in [0.25, 0.3) is 0 Å². The van der Waals surface area contributed by atoms with Crippen LogP contribution in [0, 0.1) is 5.82 Å². The van der Waals surface area contributed by atoms with Crippen LogP contribution in [0.25, 0.3) is 5.69 Å². The van der Waals surface area contributed by atoms with Crippen LogP contribution in [0.4, 0.5) is 4.39 Å². The van der Waals surface area contributed by atoms with Crippen molar-refractivity contribution in [2.45, 2.75) is 46.1 Å². The molecule has 0 radical (unpaired) electrons. The number of benzene rings is 1. The van der Waals surface area contributed by atoms with Crippen molar-refractivity contribution < 1.29 is 4.39 Å². The van der Waals surface area contributed by atoms with Crippen LogP contribution in [0.15, 0.2) is 24.3 Å². The summed E-state index contributed by atoms with van der Waals surface area (Å²) < 4.78 is 16.0. The van der Waals surface area contributed by atoms with Crippen molar-refractivity contribution in [1.82, 2.24) is 9.78 Å². The first-order chi connectivity index (χ1) is 9.55. The second-order valence-electron chi connectivity index (χ2n) is 5.21. The molecule has 3 nitrogen and oxygen atoms in total. The zero-order valence-electron chi connectivity index (χ0n) is 12.4. The molecule has 0 aliphatic rings. The number of rotatable bonds is 5. The molecule has 1 heterocycles. The molecular formula is C16H22FN3. The Kier molecular flexibility index (Phi) is 4.55. The minimum absolute atomic E-state index is 0.0304. The molecular weight excluding hydrogens is 253 g/mol. The van der Waals surface area contributed by atoms with Gasteiger partial charge in [0.15, 0.2) is 0 Å². The highest BCUT2D eigenvalue weighted by Crippen LogP contribution is 2.19. The normalized spacial score (nSPS) is 12.7. The Morgan fingerprint density at radius 1 is 1.25 bits per heavy atom. The molecule has 0 spiro atoms. The highest BCUT2D eigenvalue weighted by Gasteiger charge is 2.12. The Morgan fingerprint density at radius 2 is 2.00 bits per heavy atom. The maximum absolute atomic E-state index is 14.3. The van der Waals surface area contributed by atoms with Crippen LogP contribution in [-0.2, 0) is 19.3 Å². The largest absolute Gasteiger partial charge is 0.328 e. The molecule has 0 saturated heterocycles. The summed E-state index contributed by atoms with van der Waals surface area (Å²) >= 11 is 0. The van der Waals surface area contributed by atoms with Gasteiger partial charge in [-0.3, -0.25) is 0 Å². The van der Waals surface area contributed by atoms with E-state index < -0.39 is 0 Å². The summed E-state index contributed by atoms with van der Waals surface area (Å²) in [7, 11) is 0. The van der Waals surface area contributed by atoms with Gasteiger partial charge in [-0.2, -0.15) is 5.10 Å². The van der Waals surface area contributed by atoms with Gasteiger partial charge in [0, 0.05) is 11.7 Å². The summed E-state index contributed by atoms with van der Waals surface area (Å²) in [6.45, 7) is 6.02. The third-order valence-corrected chi connectivity index (χ3v) is 3.36. The molecule has 0 aliphatic heterocycles. The standard InChI is InChI=1S/C16H22FN3/c1-4-13-10-14(5-2)20(19-13)16-7-6-12(8-11(3)18)9-15(16)17/h6-7,9-11H,4-5,8,18H2,1-3H3. The number of aromatic nitrogens is 2. The van der Waals surface area contributed by atoms with Crippen molar-refractivity contribution in [3.63, 3.8) is 0 Å². The molecule has 1 atom stereocenters. The molecule has 1 aromatic heterocycles. The first-order valence-corrected chi connectivity index (χ1v) is 7.17. The summed E-state index contributed by atoms with van der Waals surface area (Å²) in [6.07, 6.45) is 2.36. The predicted molar refractivity (Wildman–Crippen MR) is 79.6 cm³/mol. The van der Waals surface area contributed by atoms with E-state index in [0.717, 1.165) is 29.8 Å². The lowest BCUT2D eigenvalue weighted by Crippen LogP contribution is -2.18. The van der Waals surface area contributed by atoms with Gasteiger partial charge in [-0.15, -0.1) is 0 Å². The van der Waals surface area contributed by atoms with Gasteiger partial charge in [-0.25, -0.2) is 9.07 Å². The van der Waals surface area contributed by atoms with E-state index in [4.69, 9.17) is 5.73 Å². The molecule has 1 unspecified atom stereocenters. The summed E-state index contributed by atoms with van der Waals surface area (Å²) in [4.78, 5) is 0.